The van der Waals surface area contributed by atoms with Crippen LogP contribution in [0.4, 0.5) is 0 Å². The summed E-state index contributed by atoms with van der Waals surface area (Å²) in [5, 5.41) is 8.98. The SMILES string of the molecule is Cn1c(=O)oc2cc(C(=O)c3nc[nH]c3C(=O)O)ccc21. The number of carboxylic acids is 1. The van der Waals surface area contributed by atoms with Gasteiger partial charge in [0.05, 0.1) is 11.8 Å². The zero-order valence-electron chi connectivity index (χ0n) is 10.8. The van der Waals surface area contributed by atoms with Gasteiger partial charge < -0.3 is 14.5 Å². The van der Waals surface area contributed by atoms with E-state index in [4.69, 9.17) is 9.52 Å². The van der Waals surface area contributed by atoms with Crippen molar-refractivity contribution < 1.29 is 19.1 Å². The molecule has 21 heavy (non-hydrogen) atoms. The number of imidazole rings is 1. The van der Waals surface area contributed by atoms with Crippen LogP contribution in [0.25, 0.3) is 11.1 Å². The van der Waals surface area contributed by atoms with Gasteiger partial charge in [-0.2, -0.15) is 0 Å². The zero-order chi connectivity index (χ0) is 15.1. The molecule has 2 heterocycles. The summed E-state index contributed by atoms with van der Waals surface area (Å²) in [4.78, 5) is 40.8. The minimum absolute atomic E-state index is 0.187. The molecule has 0 saturated carbocycles. The number of ketones is 1. The summed E-state index contributed by atoms with van der Waals surface area (Å²) in [5.41, 5.74) is 0.499. The van der Waals surface area contributed by atoms with Crippen molar-refractivity contribution in [1.29, 1.82) is 0 Å². The van der Waals surface area contributed by atoms with Crippen molar-refractivity contribution in [3.63, 3.8) is 0 Å². The van der Waals surface area contributed by atoms with Gasteiger partial charge in [-0.1, -0.05) is 0 Å². The average molecular weight is 287 g/mol. The number of hydrogen-bond acceptors (Lipinski definition) is 5. The Morgan fingerprint density at radius 2 is 2.14 bits per heavy atom. The third-order valence-corrected chi connectivity index (χ3v) is 3.12. The first-order valence-electron chi connectivity index (χ1n) is 5.90. The molecule has 0 aliphatic carbocycles. The number of aromatic amines is 1. The van der Waals surface area contributed by atoms with Crippen LogP contribution in [0.1, 0.15) is 26.5 Å². The number of aryl methyl sites for hydroxylation is 1. The van der Waals surface area contributed by atoms with Crippen LogP contribution in [0.3, 0.4) is 0 Å². The number of nitrogens with zero attached hydrogens (tertiary/aromatic N) is 2. The number of carboxylic acid groups (broad SMARTS) is 1. The van der Waals surface area contributed by atoms with Crippen LogP contribution >= 0.6 is 0 Å². The molecule has 0 unspecified atom stereocenters. The number of benzene rings is 1. The van der Waals surface area contributed by atoms with Crippen molar-refractivity contribution in [3.05, 3.63) is 52.0 Å². The summed E-state index contributed by atoms with van der Waals surface area (Å²) in [7, 11) is 1.55. The summed E-state index contributed by atoms with van der Waals surface area (Å²) in [6.45, 7) is 0. The molecule has 0 saturated heterocycles. The summed E-state index contributed by atoms with van der Waals surface area (Å²) in [6.07, 6.45) is 1.14. The molecule has 8 nitrogen and oxygen atoms in total. The highest BCUT2D eigenvalue weighted by Gasteiger charge is 2.21. The molecule has 0 radical (unpaired) electrons. The molecule has 0 spiro atoms. The Hall–Kier alpha value is -3.16. The number of fused-ring (bicyclic) bond motifs is 1. The van der Waals surface area contributed by atoms with Gasteiger partial charge in [0.15, 0.2) is 11.3 Å². The van der Waals surface area contributed by atoms with Crippen LogP contribution in [-0.2, 0) is 7.05 Å². The molecule has 1 aromatic carbocycles. The fraction of sp³-hybridized carbons (Fsp3) is 0.0769. The van der Waals surface area contributed by atoms with Gasteiger partial charge in [0.2, 0.25) is 5.78 Å². The van der Waals surface area contributed by atoms with Gasteiger partial charge in [-0.15, -0.1) is 0 Å². The lowest BCUT2D eigenvalue weighted by atomic mass is 10.1. The Morgan fingerprint density at radius 3 is 2.86 bits per heavy atom. The molecule has 3 aromatic rings. The van der Waals surface area contributed by atoms with E-state index in [2.05, 4.69) is 9.97 Å². The summed E-state index contributed by atoms with van der Waals surface area (Å²) in [6, 6.07) is 4.43. The van der Waals surface area contributed by atoms with Crippen molar-refractivity contribution >= 4 is 22.9 Å². The third kappa shape index (κ3) is 1.93. The Labute approximate surface area is 116 Å². The van der Waals surface area contributed by atoms with Crippen LogP contribution in [0.15, 0.2) is 33.7 Å². The molecule has 0 aliphatic rings. The van der Waals surface area contributed by atoms with E-state index in [1.807, 2.05) is 0 Å². The predicted molar refractivity (Wildman–Crippen MR) is 70.4 cm³/mol. The van der Waals surface area contributed by atoms with E-state index >= 15 is 0 Å². The van der Waals surface area contributed by atoms with Gasteiger partial charge in [0, 0.05) is 12.6 Å². The van der Waals surface area contributed by atoms with Crippen LogP contribution in [-0.4, -0.2) is 31.4 Å². The lowest BCUT2D eigenvalue weighted by Crippen LogP contribution is -2.09. The van der Waals surface area contributed by atoms with Crippen LogP contribution in [0.5, 0.6) is 0 Å². The lowest BCUT2D eigenvalue weighted by Gasteiger charge is -1.99. The number of aromatic nitrogens is 3. The van der Waals surface area contributed by atoms with E-state index in [1.165, 1.54) is 16.7 Å². The maximum atomic E-state index is 12.3. The van der Waals surface area contributed by atoms with Crippen molar-refractivity contribution in [2.75, 3.05) is 0 Å². The molecule has 0 atom stereocenters. The number of carbonyl (C=O) groups is 2. The summed E-state index contributed by atoms with van der Waals surface area (Å²) >= 11 is 0. The monoisotopic (exact) mass is 287 g/mol. The molecular formula is C13H9N3O5. The fourth-order valence-corrected chi connectivity index (χ4v) is 2.04. The topological polar surface area (TPSA) is 118 Å². The second-order valence-electron chi connectivity index (χ2n) is 4.37. The van der Waals surface area contributed by atoms with E-state index in [9.17, 15) is 14.4 Å². The van der Waals surface area contributed by atoms with Gasteiger partial charge in [0.1, 0.15) is 5.69 Å². The second-order valence-corrected chi connectivity index (χ2v) is 4.37. The third-order valence-electron chi connectivity index (χ3n) is 3.12. The predicted octanol–water partition coefficient (Wildman–Crippen LogP) is 0.784. The van der Waals surface area contributed by atoms with Crippen LogP contribution < -0.4 is 5.76 Å². The number of H-pyrrole nitrogens is 1. The van der Waals surface area contributed by atoms with E-state index in [0.29, 0.717) is 5.52 Å². The van der Waals surface area contributed by atoms with Gasteiger partial charge >= 0.3 is 11.7 Å². The second kappa shape index (κ2) is 4.44. The molecule has 3 rings (SSSR count). The minimum atomic E-state index is -1.27. The van der Waals surface area contributed by atoms with Crippen molar-refractivity contribution in [1.82, 2.24) is 14.5 Å². The molecular weight excluding hydrogens is 278 g/mol. The Morgan fingerprint density at radius 1 is 1.38 bits per heavy atom. The van der Waals surface area contributed by atoms with Crippen LogP contribution in [0.2, 0.25) is 0 Å². The Balaban J connectivity index is 2.11. The van der Waals surface area contributed by atoms with E-state index < -0.39 is 17.5 Å². The number of nitrogens with one attached hydrogen (secondary N) is 1. The average Bonchev–Trinajstić information content (AvgIpc) is 3.04. The molecule has 0 amide bonds. The summed E-state index contributed by atoms with van der Waals surface area (Å²) < 4.78 is 6.30. The fourth-order valence-electron chi connectivity index (χ4n) is 2.04. The molecule has 0 aliphatic heterocycles. The van der Waals surface area contributed by atoms with Gasteiger partial charge in [-0.05, 0) is 18.2 Å². The summed E-state index contributed by atoms with van der Waals surface area (Å²) in [5.74, 6) is -2.38. The number of hydrogen-bond donors (Lipinski definition) is 2. The molecule has 106 valence electrons. The Kier molecular flexibility index (Phi) is 2.72. The zero-order valence-corrected chi connectivity index (χ0v) is 10.8. The first-order valence-corrected chi connectivity index (χ1v) is 5.90. The first-order chi connectivity index (χ1) is 9.99. The first kappa shape index (κ1) is 12.9. The number of rotatable bonds is 3. The molecule has 8 heteroatoms. The maximum Gasteiger partial charge on any atom is 0.419 e. The highest BCUT2D eigenvalue weighted by molar-refractivity contribution is 6.13. The van der Waals surface area contributed by atoms with E-state index in [0.717, 1.165) is 6.33 Å². The number of carbonyl (C=O) groups excluding carboxylic acids is 1. The molecule has 2 N–H and O–H groups in total. The van der Waals surface area contributed by atoms with E-state index in [1.54, 1.807) is 13.1 Å². The number of oxazole rings is 1. The lowest BCUT2D eigenvalue weighted by molar-refractivity contribution is 0.0687. The van der Waals surface area contributed by atoms with Crippen molar-refractivity contribution in [2.24, 2.45) is 7.05 Å². The smallest absolute Gasteiger partial charge is 0.419 e. The van der Waals surface area contributed by atoms with Crippen molar-refractivity contribution in [3.8, 4) is 0 Å². The normalized spacial score (nSPS) is 10.9. The van der Waals surface area contributed by atoms with Crippen molar-refractivity contribution in [2.45, 2.75) is 0 Å². The highest BCUT2D eigenvalue weighted by Crippen LogP contribution is 2.17. The van der Waals surface area contributed by atoms with E-state index in [-0.39, 0.29) is 22.5 Å². The highest BCUT2D eigenvalue weighted by atomic mass is 16.4. The van der Waals surface area contributed by atoms with Gasteiger partial charge in [-0.25, -0.2) is 14.6 Å². The largest absolute Gasteiger partial charge is 0.477 e. The molecule has 2 aromatic heterocycles. The Bertz CT molecular complexity index is 931. The quantitative estimate of drug-likeness (QED) is 0.687. The maximum absolute atomic E-state index is 12.3. The standard InChI is InChI=1S/C13H9N3O5/c1-16-7-3-2-6(4-8(7)21-13(16)20)11(17)9-10(12(18)19)15-5-14-9/h2-5H,1H3,(H,14,15)(H,18,19). The minimum Gasteiger partial charge on any atom is -0.477 e. The molecule has 0 bridgehead atoms. The molecule has 0 fully saturated rings. The van der Waals surface area contributed by atoms with Gasteiger partial charge in [-0.3, -0.25) is 9.36 Å². The number of aromatic carboxylic acids is 1. The van der Waals surface area contributed by atoms with Gasteiger partial charge in [0.25, 0.3) is 0 Å². The van der Waals surface area contributed by atoms with Crippen LogP contribution in [0, 0.1) is 0 Å².